The Hall–Kier alpha value is -3.86. The lowest BCUT2D eigenvalue weighted by Crippen LogP contribution is -2.20. The van der Waals surface area contributed by atoms with E-state index in [9.17, 15) is 9.90 Å². The molecule has 0 radical (unpaired) electrons. The van der Waals surface area contributed by atoms with E-state index in [2.05, 4.69) is 4.99 Å². The van der Waals surface area contributed by atoms with E-state index in [0.717, 1.165) is 5.56 Å². The van der Waals surface area contributed by atoms with Crippen LogP contribution in [0.2, 0.25) is 0 Å². The average Bonchev–Trinajstić information content (AvgIpc) is 2.76. The summed E-state index contributed by atoms with van der Waals surface area (Å²) in [5, 5.41) is 12.3. The Balaban J connectivity index is 1.97. The number of nitrogens with zero attached hydrogens (tertiary/aromatic N) is 2. The third-order valence-corrected chi connectivity index (χ3v) is 4.96. The number of hydrogen-bond acceptors (Lipinski definition) is 4. The Morgan fingerprint density at radius 2 is 1.63 bits per heavy atom. The predicted octanol–water partition coefficient (Wildman–Crippen LogP) is 5.15. The van der Waals surface area contributed by atoms with Gasteiger partial charge in [0.25, 0.3) is 5.56 Å². The van der Waals surface area contributed by atoms with E-state index in [1.807, 2.05) is 80.6 Å². The molecule has 0 spiro atoms. The zero-order chi connectivity index (χ0) is 21.1. The van der Waals surface area contributed by atoms with Crippen LogP contribution in [0.3, 0.4) is 0 Å². The maximum Gasteiger partial charge on any atom is 0.265 e. The van der Waals surface area contributed by atoms with E-state index in [1.54, 1.807) is 12.3 Å². The maximum atomic E-state index is 13.2. The molecule has 0 saturated carbocycles. The minimum atomic E-state index is -0.274. The summed E-state index contributed by atoms with van der Waals surface area (Å²) in [6.45, 7) is 4.35. The monoisotopic (exact) mass is 398 g/mol. The minimum absolute atomic E-state index is 0.148. The van der Waals surface area contributed by atoms with Gasteiger partial charge in [-0.1, -0.05) is 48.5 Å². The predicted molar refractivity (Wildman–Crippen MR) is 121 cm³/mol. The fraction of sp³-hybridized carbons (Fsp3) is 0.120. The molecule has 0 aliphatic rings. The van der Waals surface area contributed by atoms with E-state index in [4.69, 9.17) is 4.74 Å². The van der Waals surface area contributed by atoms with Gasteiger partial charge in [0.2, 0.25) is 5.88 Å². The maximum absolute atomic E-state index is 13.2. The molecule has 30 heavy (non-hydrogen) atoms. The van der Waals surface area contributed by atoms with Gasteiger partial charge >= 0.3 is 0 Å². The molecule has 4 rings (SSSR count). The van der Waals surface area contributed by atoms with Gasteiger partial charge in [0, 0.05) is 17.0 Å². The summed E-state index contributed by atoms with van der Waals surface area (Å²) in [7, 11) is 0. The molecule has 4 aromatic rings. The van der Waals surface area contributed by atoms with Crippen LogP contribution >= 0.6 is 0 Å². The summed E-state index contributed by atoms with van der Waals surface area (Å²) >= 11 is 0. The van der Waals surface area contributed by atoms with Crippen LogP contribution in [-0.2, 0) is 0 Å². The van der Waals surface area contributed by atoms with E-state index in [0.29, 0.717) is 40.1 Å². The van der Waals surface area contributed by atoms with Crippen LogP contribution in [0.25, 0.3) is 16.5 Å². The second kappa shape index (κ2) is 8.25. The average molecular weight is 398 g/mol. The van der Waals surface area contributed by atoms with Gasteiger partial charge in [0.1, 0.15) is 11.4 Å². The Bertz CT molecular complexity index is 1310. The van der Waals surface area contributed by atoms with Gasteiger partial charge in [-0.15, -0.1) is 0 Å². The molecule has 0 amide bonds. The number of rotatable bonds is 5. The van der Waals surface area contributed by atoms with Crippen molar-refractivity contribution in [1.29, 1.82) is 0 Å². The summed E-state index contributed by atoms with van der Waals surface area (Å²) in [6.07, 6.45) is 1.59. The highest BCUT2D eigenvalue weighted by molar-refractivity contribution is 6.02. The molecule has 0 fully saturated rings. The highest BCUT2D eigenvalue weighted by atomic mass is 16.5. The standard InChI is InChI=1S/C25H22N2O3/c1-3-30-23-15-9-7-13-21(23)26-16-20-18-11-5-6-12-19(18)24(28)27(25(20)29)22-14-8-4-10-17(22)2/h4-16,29H,3H2,1-2H3. The largest absolute Gasteiger partial charge is 0.494 e. The topological polar surface area (TPSA) is 63.8 Å². The Morgan fingerprint density at radius 1 is 0.967 bits per heavy atom. The number of para-hydroxylation sites is 3. The molecule has 0 aliphatic heterocycles. The molecular weight excluding hydrogens is 376 g/mol. The lowest BCUT2D eigenvalue weighted by atomic mass is 10.1. The van der Waals surface area contributed by atoms with Crippen molar-refractivity contribution < 1.29 is 9.84 Å². The highest BCUT2D eigenvalue weighted by Crippen LogP contribution is 2.30. The first-order valence-corrected chi connectivity index (χ1v) is 9.80. The number of ether oxygens (including phenoxy) is 1. The molecule has 5 heteroatoms. The number of benzene rings is 3. The van der Waals surface area contributed by atoms with Crippen LogP contribution in [0.1, 0.15) is 18.1 Å². The number of aryl methyl sites for hydroxylation is 1. The van der Waals surface area contributed by atoms with Crippen molar-refractivity contribution in [3.63, 3.8) is 0 Å². The van der Waals surface area contributed by atoms with Crippen molar-refractivity contribution >= 4 is 22.7 Å². The second-order valence-electron chi connectivity index (χ2n) is 6.87. The van der Waals surface area contributed by atoms with Crippen molar-refractivity contribution in [2.24, 2.45) is 4.99 Å². The lowest BCUT2D eigenvalue weighted by molar-refractivity contribution is 0.341. The van der Waals surface area contributed by atoms with Gasteiger partial charge in [-0.05, 0) is 43.7 Å². The molecule has 1 aromatic heterocycles. The lowest BCUT2D eigenvalue weighted by Gasteiger charge is -2.15. The van der Waals surface area contributed by atoms with E-state index < -0.39 is 0 Å². The van der Waals surface area contributed by atoms with Crippen LogP contribution in [0.4, 0.5) is 5.69 Å². The summed E-state index contributed by atoms with van der Waals surface area (Å²) < 4.78 is 6.98. The molecule has 0 unspecified atom stereocenters. The fourth-order valence-corrected chi connectivity index (χ4v) is 3.50. The van der Waals surface area contributed by atoms with Crippen LogP contribution in [-0.4, -0.2) is 22.5 Å². The molecular formula is C25H22N2O3. The number of fused-ring (bicyclic) bond motifs is 1. The molecule has 0 saturated heterocycles. The van der Waals surface area contributed by atoms with Crippen LogP contribution in [0.5, 0.6) is 11.6 Å². The van der Waals surface area contributed by atoms with Gasteiger partial charge in [-0.25, -0.2) is 4.57 Å². The summed E-state index contributed by atoms with van der Waals surface area (Å²) in [5.41, 5.74) is 2.37. The van der Waals surface area contributed by atoms with E-state index in [1.165, 1.54) is 4.57 Å². The third kappa shape index (κ3) is 3.46. The summed E-state index contributed by atoms with van der Waals surface area (Å²) in [5.74, 6) is 0.512. The molecule has 1 heterocycles. The number of hydrogen-bond donors (Lipinski definition) is 1. The Morgan fingerprint density at radius 3 is 2.40 bits per heavy atom. The zero-order valence-corrected chi connectivity index (χ0v) is 16.9. The van der Waals surface area contributed by atoms with Crippen molar-refractivity contribution in [2.45, 2.75) is 13.8 Å². The molecule has 5 nitrogen and oxygen atoms in total. The zero-order valence-electron chi connectivity index (χ0n) is 16.9. The van der Waals surface area contributed by atoms with Crippen LogP contribution in [0, 0.1) is 6.92 Å². The first-order valence-electron chi connectivity index (χ1n) is 9.80. The van der Waals surface area contributed by atoms with E-state index in [-0.39, 0.29) is 11.4 Å². The molecule has 1 N–H and O–H groups in total. The Labute approximate surface area is 174 Å². The fourth-order valence-electron chi connectivity index (χ4n) is 3.50. The molecule has 150 valence electrons. The number of pyridine rings is 1. The van der Waals surface area contributed by atoms with Crippen molar-refractivity contribution in [1.82, 2.24) is 4.57 Å². The Kier molecular flexibility index (Phi) is 5.35. The highest BCUT2D eigenvalue weighted by Gasteiger charge is 2.17. The third-order valence-electron chi connectivity index (χ3n) is 4.96. The number of aromatic nitrogens is 1. The SMILES string of the molecule is CCOc1ccccc1N=Cc1c(O)n(-c2ccccc2C)c(=O)c2ccccc12. The molecule has 3 aromatic carbocycles. The van der Waals surface area contributed by atoms with Gasteiger partial charge in [0.15, 0.2) is 0 Å². The summed E-state index contributed by atoms with van der Waals surface area (Å²) in [6, 6.07) is 22.1. The minimum Gasteiger partial charge on any atom is -0.494 e. The first-order chi connectivity index (χ1) is 14.6. The van der Waals surface area contributed by atoms with Crippen LogP contribution in [0.15, 0.2) is 82.6 Å². The second-order valence-corrected chi connectivity index (χ2v) is 6.87. The molecule has 0 bridgehead atoms. The van der Waals surface area contributed by atoms with Gasteiger partial charge in [0.05, 0.1) is 17.9 Å². The number of aliphatic imine (C=N–C) groups is 1. The molecule has 0 atom stereocenters. The smallest absolute Gasteiger partial charge is 0.265 e. The van der Waals surface area contributed by atoms with Crippen molar-refractivity contribution in [3.05, 3.63) is 94.3 Å². The normalized spacial score (nSPS) is 11.3. The van der Waals surface area contributed by atoms with Crippen molar-refractivity contribution in [2.75, 3.05) is 6.61 Å². The van der Waals surface area contributed by atoms with E-state index >= 15 is 0 Å². The number of aromatic hydroxyl groups is 1. The van der Waals surface area contributed by atoms with Gasteiger partial charge in [-0.2, -0.15) is 0 Å². The quantitative estimate of drug-likeness (QED) is 0.473. The van der Waals surface area contributed by atoms with Crippen LogP contribution < -0.4 is 10.3 Å². The first kappa shape index (κ1) is 19.5. The molecule has 0 aliphatic carbocycles. The van der Waals surface area contributed by atoms with Gasteiger partial charge in [-0.3, -0.25) is 9.79 Å². The van der Waals surface area contributed by atoms with Crippen molar-refractivity contribution in [3.8, 4) is 17.3 Å². The van der Waals surface area contributed by atoms with Gasteiger partial charge < -0.3 is 9.84 Å². The summed E-state index contributed by atoms with van der Waals surface area (Å²) in [4.78, 5) is 17.8.